The van der Waals surface area contributed by atoms with Gasteiger partial charge in [0.05, 0.1) is 0 Å². The van der Waals surface area contributed by atoms with Gasteiger partial charge in [-0.05, 0) is 85.5 Å². The predicted molar refractivity (Wildman–Crippen MR) is 152 cm³/mol. The van der Waals surface area contributed by atoms with E-state index in [1.807, 2.05) is 0 Å². The Morgan fingerprint density at radius 1 is 0.722 bits per heavy atom. The molecule has 3 heteroatoms. The third-order valence-corrected chi connectivity index (χ3v) is 13.4. The molecule has 9 unspecified atom stereocenters. The smallest absolute Gasteiger partial charge is 0.0451 e. The lowest BCUT2D eigenvalue weighted by molar-refractivity contribution is 0.0282. The lowest BCUT2D eigenvalue weighted by Crippen LogP contribution is -2.65. The van der Waals surface area contributed by atoms with Gasteiger partial charge in [0.15, 0.2) is 0 Å². The molecule has 190 valence electrons. The molecule has 0 aromatic heterocycles. The van der Waals surface area contributed by atoms with Crippen LogP contribution >= 0.6 is 11.8 Å². The van der Waals surface area contributed by atoms with Crippen LogP contribution in [0.1, 0.15) is 77.2 Å². The molecule has 8 rings (SSSR count). The molecule has 36 heavy (non-hydrogen) atoms. The minimum absolute atomic E-state index is 0.205. The van der Waals surface area contributed by atoms with E-state index in [9.17, 15) is 0 Å². The van der Waals surface area contributed by atoms with Crippen LogP contribution < -0.4 is 4.90 Å². The Kier molecular flexibility index (Phi) is 5.18. The van der Waals surface area contributed by atoms with E-state index in [0.717, 1.165) is 40.5 Å². The van der Waals surface area contributed by atoms with Crippen LogP contribution in [-0.2, 0) is 5.41 Å². The molecule has 3 saturated carbocycles. The van der Waals surface area contributed by atoms with Crippen LogP contribution in [0.2, 0.25) is 0 Å². The molecule has 0 amide bonds. The number of fused-ring (bicyclic) bond motifs is 7. The number of thioether (sulfide) groups is 1. The molecule has 0 N–H and O–H groups in total. The van der Waals surface area contributed by atoms with Gasteiger partial charge in [0.2, 0.25) is 0 Å². The highest BCUT2D eigenvalue weighted by atomic mass is 32.2. The average Bonchev–Trinajstić information content (AvgIpc) is 3.25. The monoisotopic (exact) mass is 498 g/mol. The largest absolute Gasteiger partial charge is 0.338 e. The van der Waals surface area contributed by atoms with Crippen LogP contribution in [0.15, 0.2) is 54.6 Å². The lowest BCUT2D eigenvalue weighted by Gasteiger charge is -2.61. The summed E-state index contributed by atoms with van der Waals surface area (Å²) in [6.07, 6.45) is 13.2. The molecule has 3 aliphatic heterocycles. The summed E-state index contributed by atoms with van der Waals surface area (Å²) in [5, 5.41) is 1.68. The molecule has 0 radical (unpaired) electrons. The molecule has 5 fully saturated rings. The number of hydrogen-bond donors (Lipinski definition) is 0. The second kappa shape index (κ2) is 8.27. The topological polar surface area (TPSA) is 6.48 Å². The van der Waals surface area contributed by atoms with E-state index in [0.29, 0.717) is 12.0 Å². The standard InChI is InChI=1S/C33H42N2S/c1-33(2)24-15-7-9-17-27(24)34(21-11-4-3-5-12-21)28-20-31-29(19-25(28)33)35-26-16-8-6-13-22(26)23-14-10-18-30(36-31)32(23)35/h3-5,7,9,11-12,15,17,22-23,25-26,28-32H,6,8,10,13-14,16,18-20H2,1-2H3. The fraction of sp³-hybridized carbons (Fsp3) is 0.636. The first-order valence-electron chi connectivity index (χ1n) is 15.0. The second-order valence-electron chi connectivity index (χ2n) is 13.4. The van der Waals surface area contributed by atoms with Crippen LogP contribution in [0.4, 0.5) is 11.4 Å². The Balaban J connectivity index is 1.23. The van der Waals surface area contributed by atoms with Gasteiger partial charge in [0, 0.05) is 46.0 Å². The molecule has 2 aromatic rings. The minimum atomic E-state index is 0.205. The van der Waals surface area contributed by atoms with E-state index in [4.69, 9.17) is 0 Å². The van der Waals surface area contributed by atoms with Crippen molar-refractivity contribution in [1.82, 2.24) is 4.90 Å². The Bertz CT molecular complexity index is 1130. The Labute approximate surface area is 222 Å². The molecule has 3 heterocycles. The van der Waals surface area contributed by atoms with Crippen molar-refractivity contribution in [2.45, 2.75) is 112 Å². The SMILES string of the molecule is CC1(C)c2ccccc2N(c2ccccc2)C2CC3SC4CCCC5C6CCCCC6N(C3CC21)C45. The van der Waals surface area contributed by atoms with Crippen molar-refractivity contribution in [2.24, 2.45) is 17.8 Å². The Morgan fingerprint density at radius 2 is 1.50 bits per heavy atom. The van der Waals surface area contributed by atoms with Gasteiger partial charge in [0.25, 0.3) is 0 Å². The third-order valence-electron chi connectivity index (χ3n) is 11.7. The number of hydrogen-bond acceptors (Lipinski definition) is 3. The van der Waals surface area contributed by atoms with E-state index >= 15 is 0 Å². The van der Waals surface area contributed by atoms with Crippen LogP contribution in [0.5, 0.6) is 0 Å². The first-order valence-corrected chi connectivity index (χ1v) is 15.9. The fourth-order valence-electron chi connectivity index (χ4n) is 10.3. The van der Waals surface area contributed by atoms with Crippen LogP contribution in [-0.4, -0.2) is 39.6 Å². The number of para-hydroxylation sites is 2. The van der Waals surface area contributed by atoms with Crippen molar-refractivity contribution in [1.29, 1.82) is 0 Å². The zero-order chi connectivity index (χ0) is 24.0. The summed E-state index contributed by atoms with van der Waals surface area (Å²) in [6, 6.07) is 23.8. The molecule has 0 spiro atoms. The molecule has 2 aromatic carbocycles. The lowest BCUT2D eigenvalue weighted by atomic mass is 9.60. The normalized spacial score (nSPS) is 42.5. The first-order chi connectivity index (χ1) is 17.6. The van der Waals surface area contributed by atoms with E-state index in [1.165, 1.54) is 69.2 Å². The van der Waals surface area contributed by atoms with Gasteiger partial charge in [-0.1, -0.05) is 69.5 Å². The zero-order valence-electron chi connectivity index (χ0n) is 22.1. The summed E-state index contributed by atoms with van der Waals surface area (Å²) >= 11 is 2.46. The zero-order valence-corrected chi connectivity index (χ0v) is 22.9. The number of anilines is 2. The minimum Gasteiger partial charge on any atom is -0.338 e. The van der Waals surface area contributed by atoms with Gasteiger partial charge in [-0.2, -0.15) is 11.8 Å². The number of rotatable bonds is 1. The Hall–Kier alpha value is -1.45. The van der Waals surface area contributed by atoms with Crippen molar-refractivity contribution < 1.29 is 0 Å². The van der Waals surface area contributed by atoms with Crippen molar-refractivity contribution in [3.05, 3.63) is 60.2 Å². The van der Waals surface area contributed by atoms with E-state index in [-0.39, 0.29) is 5.41 Å². The summed E-state index contributed by atoms with van der Waals surface area (Å²) < 4.78 is 0. The highest BCUT2D eigenvalue weighted by molar-refractivity contribution is 8.00. The molecule has 6 aliphatic rings. The van der Waals surface area contributed by atoms with Gasteiger partial charge in [-0.3, -0.25) is 4.90 Å². The maximum atomic E-state index is 3.24. The van der Waals surface area contributed by atoms with Crippen LogP contribution in [0.3, 0.4) is 0 Å². The molecule has 2 saturated heterocycles. The van der Waals surface area contributed by atoms with Gasteiger partial charge < -0.3 is 4.90 Å². The highest BCUT2D eigenvalue weighted by Crippen LogP contribution is 2.61. The quantitative estimate of drug-likeness (QED) is 0.396. The summed E-state index contributed by atoms with van der Waals surface area (Å²) in [6.45, 7) is 5.14. The molecular weight excluding hydrogens is 456 g/mol. The predicted octanol–water partition coefficient (Wildman–Crippen LogP) is 7.79. The maximum absolute atomic E-state index is 3.24. The molecular formula is C33H42N2S. The van der Waals surface area contributed by atoms with E-state index in [2.05, 4.69) is 90.0 Å². The third kappa shape index (κ3) is 3.08. The van der Waals surface area contributed by atoms with Crippen molar-refractivity contribution >= 4 is 23.1 Å². The van der Waals surface area contributed by atoms with Gasteiger partial charge in [-0.15, -0.1) is 0 Å². The molecule has 2 nitrogen and oxygen atoms in total. The van der Waals surface area contributed by atoms with Crippen molar-refractivity contribution in [3.63, 3.8) is 0 Å². The van der Waals surface area contributed by atoms with Gasteiger partial charge >= 0.3 is 0 Å². The highest BCUT2D eigenvalue weighted by Gasteiger charge is 2.62. The van der Waals surface area contributed by atoms with E-state index < -0.39 is 0 Å². The summed E-state index contributed by atoms with van der Waals surface area (Å²) in [5.41, 5.74) is 4.61. The van der Waals surface area contributed by atoms with Crippen molar-refractivity contribution in [3.8, 4) is 0 Å². The number of benzene rings is 2. The molecule has 0 bridgehead atoms. The summed E-state index contributed by atoms with van der Waals surface area (Å²) in [5.74, 6) is 2.70. The fourth-order valence-corrected chi connectivity index (χ4v) is 12.3. The number of nitrogens with zero attached hydrogens (tertiary/aromatic N) is 2. The summed E-state index contributed by atoms with van der Waals surface area (Å²) in [7, 11) is 0. The second-order valence-corrected chi connectivity index (χ2v) is 14.9. The summed E-state index contributed by atoms with van der Waals surface area (Å²) in [4.78, 5) is 6.00. The van der Waals surface area contributed by atoms with Gasteiger partial charge in [0.1, 0.15) is 0 Å². The Morgan fingerprint density at radius 3 is 2.39 bits per heavy atom. The van der Waals surface area contributed by atoms with Crippen LogP contribution in [0.25, 0.3) is 0 Å². The van der Waals surface area contributed by atoms with Crippen molar-refractivity contribution in [2.75, 3.05) is 4.90 Å². The first kappa shape index (κ1) is 22.5. The maximum Gasteiger partial charge on any atom is 0.0451 e. The van der Waals surface area contributed by atoms with Crippen LogP contribution in [0, 0.1) is 17.8 Å². The van der Waals surface area contributed by atoms with Gasteiger partial charge in [-0.25, -0.2) is 0 Å². The van der Waals surface area contributed by atoms with E-state index in [1.54, 1.807) is 5.56 Å². The molecule has 9 atom stereocenters. The average molecular weight is 499 g/mol. The molecule has 3 aliphatic carbocycles.